The zero-order valence-corrected chi connectivity index (χ0v) is 11.7. The van der Waals surface area contributed by atoms with Crippen LogP contribution in [0.15, 0.2) is 11.2 Å². The van der Waals surface area contributed by atoms with Crippen molar-refractivity contribution in [1.29, 1.82) is 0 Å². The van der Waals surface area contributed by atoms with Crippen molar-refractivity contribution in [1.82, 2.24) is 14.9 Å². The zero-order chi connectivity index (χ0) is 13.0. The van der Waals surface area contributed by atoms with E-state index >= 15 is 0 Å². The third-order valence-corrected chi connectivity index (χ3v) is 3.78. The summed E-state index contributed by atoms with van der Waals surface area (Å²) in [5.41, 5.74) is 5.72. The topological polar surface area (TPSA) is 64.3 Å². The van der Waals surface area contributed by atoms with Crippen molar-refractivity contribution >= 4 is 17.6 Å². The molecule has 2 rings (SSSR count). The number of anilines is 1. The molecule has 0 saturated carbocycles. The van der Waals surface area contributed by atoms with E-state index in [1.807, 2.05) is 6.26 Å². The van der Waals surface area contributed by atoms with Gasteiger partial charge in [-0.15, -0.1) is 0 Å². The fourth-order valence-corrected chi connectivity index (χ4v) is 2.50. The zero-order valence-electron chi connectivity index (χ0n) is 10.9. The first-order valence-electron chi connectivity index (χ1n) is 6.20. The molecular formula is C12H20N4OS. The van der Waals surface area contributed by atoms with Crippen LogP contribution in [0.3, 0.4) is 0 Å². The van der Waals surface area contributed by atoms with Crippen molar-refractivity contribution < 1.29 is 4.74 Å². The Hall–Kier alpha value is -1.01. The molecule has 0 aliphatic carbocycles. The van der Waals surface area contributed by atoms with Gasteiger partial charge in [-0.05, 0) is 32.7 Å². The molecule has 1 atom stereocenters. The Balaban J connectivity index is 1.94. The lowest BCUT2D eigenvalue weighted by Crippen LogP contribution is -2.40. The molecule has 1 aliphatic rings. The van der Waals surface area contributed by atoms with Crippen LogP contribution in [-0.2, 0) is 0 Å². The van der Waals surface area contributed by atoms with E-state index < -0.39 is 0 Å². The standard InChI is InChI=1S/C12H20N4OS/c1-16-6-4-3-5-9(16)8-17-11-7-10(13)14-12(15-11)18-2/h7,9H,3-6,8H2,1-2H3,(H2,13,14,15). The average molecular weight is 268 g/mol. The first kappa shape index (κ1) is 13.4. The van der Waals surface area contributed by atoms with Crippen LogP contribution in [0.25, 0.3) is 0 Å². The molecule has 0 aromatic carbocycles. The van der Waals surface area contributed by atoms with Crippen molar-refractivity contribution in [3.63, 3.8) is 0 Å². The summed E-state index contributed by atoms with van der Waals surface area (Å²) >= 11 is 1.47. The predicted octanol–water partition coefficient (Wildman–Crippen LogP) is 1.64. The molecule has 2 N–H and O–H groups in total. The smallest absolute Gasteiger partial charge is 0.219 e. The Kier molecular flexibility index (Phi) is 4.66. The number of nitrogens with zero attached hydrogens (tertiary/aromatic N) is 3. The number of rotatable bonds is 4. The molecule has 0 bridgehead atoms. The van der Waals surface area contributed by atoms with E-state index in [1.165, 1.54) is 31.0 Å². The van der Waals surface area contributed by atoms with Gasteiger partial charge in [-0.1, -0.05) is 18.2 Å². The van der Waals surface area contributed by atoms with Gasteiger partial charge in [-0.25, -0.2) is 4.98 Å². The summed E-state index contributed by atoms with van der Waals surface area (Å²) in [5, 5.41) is 0.655. The SMILES string of the molecule is CSc1nc(N)cc(OCC2CCCCN2C)n1. The van der Waals surface area contributed by atoms with Crippen molar-refractivity contribution in [2.75, 3.05) is 32.2 Å². The average Bonchev–Trinajstić information content (AvgIpc) is 2.37. The summed E-state index contributed by atoms with van der Waals surface area (Å²) in [6.07, 6.45) is 5.67. The maximum absolute atomic E-state index is 5.75. The molecule has 2 heterocycles. The fourth-order valence-electron chi connectivity index (χ4n) is 2.12. The van der Waals surface area contributed by atoms with Crippen molar-refractivity contribution in [3.8, 4) is 5.88 Å². The van der Waals surface area contributed by atoms with Gasteiger partial charge in [0, 0.05) is 12.1 Å². The largest absolute Gasteiger partial charge is 0.476 e. The van der Waals surface area contributed by atoms with Gasteiger partial charge in [0.2, 0.25) is 5.88 Å². The van der Waals surface area contributed by atoms with Gasteiger partial charge in [0.1, 0.15) is 12.4 Å². The highest BCUT2D eigenvalue weighted by Crippen LogP contribution is 2.19. The first-order valence-corrected chi connectivity index (χ1v) is 7.43. The number of hydrogen-bond acceptors (Lipinski definition) is 6. The van der Waals surface area contributed by atoms with Crippen LogP contribution in [0.5, 0.6) is 5.88 Å². The monoisotopic (exact) mass is 268 g/mol. The van der Waals surface area contributed by atoms with E-state index in [0.717, 1.165) is 6.54 Å². The quantitative estimate of drug-likeness (QED) is 0.661. The number of thioether (sulfide) groups is 1. The molecule has 100 valence electrons. The lowest BCUT2D eigenvalue weighted by molar-refractivity contribution is 0.122. The maximum atomic E-state index is 5.75. The highest BCUT2D eigenvalue weighted by molar-refractivity contribution is 7.98. The van der Waals surface area contributed by atoms with E-state index in [9.17, 15) is 0 Å². The molecule has 0 amide bonds. The second-order valence-electron chi connectivity index (χ2n) is 4.56. The number of hydrogen-bond donors (Lipinski definition) is 1. The summed E-state index contributed by atoms with van der Waals surface area (Å²) in [5.74, 6) is 1.03. The van der Waals surface area contributed by atoms with Crippen LogP contribution in [0.1, 0.15) is 19.3 Å². The molecule has 0 radical (unpaired) electrons. The number of ether oxygens (including phenoxy) is 1. The second kappa shape index (κ2) is 6.24. The number of nitrogen functional groups attached to an aromatic ring is 1. The van der Waals surface area contributed by atoms with Gasteiger partial charge < -0.3 is 15.4 Å². The second-order valence-corrected chi connectivity index (χ2v) is 5.33. The maximum Gasteiger partial charge on any atom is 0.219 e. The molecule has 6 heteroatoms. The van der Waals surface area contributed by atoms with Crippen molar-refractivity contribution in [2.45, 2.75) is 30.5 Å². The molecule has 1 saturated heterocycles. The predicted molar refractivity (Wildman–Crippen MR) is 74.0 cm³/mol. The lowest BCUT2D eigenvalue weighted by Gasteiger charge is -2.31. The molecule has 1 aliphatic heterocycles. The number of piperidine rings is 1. The fraction of sp³-hybridized carbons (Fsp3) is 0.667. The third-order valence-electron chi connectivity index (χ3n) is 3.23. The number of likely N-dealkylation sites (tertiary alicyclic amines) is 1. The number of likely N-dealkylation sites (N-methyl/N-ethyl adjacent to an activating group) is 1. The minimum atomic E-state index is 0.460. The molecule has 1 aromatic heterocycles. The summed E-state index contributed by atoms with van der Waals surface area (Å²) < 4.78 is 5.75. The van der Waals surface area contributed by atoms with Crippen molar-refractivity contribution in [3.05, 3.63) is 6.07 Å². The highest BCUT2D eigenvalue weighted by Gasteiger charge is 2.19. The lowest BCUT2D eigenvalue weighted by atomic mass is 10.0. The van der Waals surface area contributed by atoms with E-state index in [2.05, 4.69) is 21.9 Å². The van der Waals surface area contributed by atoms with Crippen LogP contribution in [0.4, 0.5) is 5.82 Å². The first-order chi connectivity index (χ1) is 8.69. The Morgan fingerprint density at radius 3 is 3.06 bits per heavy atom. The van der Waals surface area contributed by atoms with Crippen LogP contribution >= 0.6 is 11.8 Å². The number of nitrogens with two attached hydrogens (primary N) is 1. The Bertz CT molecular complexity index is 402. The summed E-state index contributed by atoms with van der Waals surface area (Å²) in [6.45, 7) is 1.82. The van der Waals surface area contributed by atoms with E-state index in [4.69, 9.17) is 10.5 Å². The minimum absolute atomic E-state index is 0.460. The highest BCUT2D eigenvalue weighted by atomic mass is 32.2. The molecule has 0 spiro atoms. The Morgan fingerprint density at radius 2 is 2.33 bits per heavy atom. The van der Waals surface area contributed by atoms with E-state index in [1.54, 1.807) is 6.07 Å². The molecular weight excluding hydrogens is 248 g/mol. The summed E-state index contributed by atoms with van der Waals surface area (Å²) in [6, 6.07) is 2.16. The van der Waals surface area contributed by atoms with Crippen LogP contribution < -0.4 is 10.5 Å². The van der Waals surface area contributed by atoms with Gasteiger partial charge in [0.25, 0.3) is 0 Å². The normalized spacial score (nSPS) is 20.9. The van der Waals surface area contributed by atoms with E-state index in [0.29, 0.717) is 29.5 Å². The Labute approximate surface area is 112 Å². The van der Waals surface area contributed by atoms with Gasteiger partial charge in [-0.2, -0.15) is 4.98 Å². The van der Waals surface area contributed by atoms with Gasteiger partial charge in [0.15, 0.2) is 5.16 Å². The Morgan fingerprint density at radius 1 is 1.50 bits per heavy atom. The van der Waals surface area contributed by atoms with Gasteiger partial charge in [-0.3, -0.25) is 0 Å². The van der Waals surface area contributed by atoms with E-state index in [-0.39, 0.29) is 0 Å². The van der Waals surface area contributed by atoms with Gasteiger partial charge >= 0.3 is 0 Å². The van der Waals surface area contributed by atoms with Crippen LogP contribution in [-0.4, -0.2) is 47.4 Å². The summed E-state index contributed by atoms with van der Waals surface area (Å²) in [7, 11) is 2.15. The van der Waals surface area contributed by atoms with Crippen LogP contribution in [0, 0.1) is 0 Å². The molecule has 5 nitrogen and oxygen atoms in total. The third kappa shape index (κ3) is 3.49. The van der Waals surface area contributed by atoms with Gasteiger partial charge in [0.05, 0.1) is 0 Å². The van der Waals surface area contributed by atoms with Crippen LogP contribution in [0.2, 0.25) is 0 Å². The summed E-state index contributed by atoms with van der Waals surface area (Å²) in [4.78, 5) is 10.7. The van der Waals surface area contributed by atoms with Crippen molar-refractivity contribution in [2.24, 2.45) is 0 Å². The minimum Gasteiger partial charge on any atom is -0.476 e. The molecule has 1 fully saturated rings. The molecule has 1 aromatic rings. The molecule has 18 heavy (non-hydrogen) atoms. The number of aromatic nitrogens is 2. The molecule has 1 unspecified atom stereocenters.